The molecule has 16 heavy (non-hydrogen) atoms. The van der Waals surface area contributed by atoms with Crippen molar-refractivity contribution in [3.63, 3.8) is 0 Å². The third kappa shape index (κ3) is 2.30. The highest BCUT2D eigenvalue weighted by molar-refractivity contribution is 5.84. The SMILES string of the molecule is CC(=O)CCc1cc2ccccc2cc1C. The van der Waals surface area contributed by atoms with Gasteiger partial charge in [0.2, 0.25) is 0 Å². The predicted octanol–water partition coefficient (Wildman–Crippen LogP) is 3.67. The van der Waals surface area contributed by atoms with Gasteiger partial charge < -0.3 is 4.79 Å². The molecule has 82 valence electrons. The highest BCUT2D eigenvalue weighted by Gasteiger charge is 2.02. The molecule has 1 heteroatoms. The van der Waals surface area contributed by atoms with E-state index in [0.717, 1.165) is 6.42 Å². The first-order valence-electron chi connectivity index (χ1n) is 5.64. The van der Waals surface area contributed by atoms with Crippen LogP contribution in [-0.2, 0) is 11.2 Å². The molecule has 0 spiro atoms. The molecule has 0 radical (unpaired) electrons. The Kier molecular flexibility index (Phi) is 3.04. The lowest BCUT2D eigenvalue weighted by Crippen LogP contribution is -1.96. The quantitative estimate of drug-likeness (QED) is 0.758. The van der Waals surface area contributed by atoms with Crippen LogP contribution in [0.3, 0.4) is 0 Å². The molecule has 0 saturated carbocycles. The average molecular weight is 212 g/mol. The molecule has 2 aromatic rings. The van der Waals surface area contributed by atoms with Crippen LogP contribution in [0.1, 0.15) is 24.5 Å². The van der Waals surface area contributed by atoms with E-state index in [-0.39, 0.29) is 5.78 Å². The number of carbonyl (C=O) groups is 1. The summed E-state index contributed by atoms with van der Waals surface area (Å²) in [5.41, 5.74) is 2.56. The summed E-state index contributed by atoms with van der Waals surface area (Å²) < 4.78 is 0. The second-order valence-electron chi connectivity index (χ2n) is 4.33. The number of ketones is 1. The van der Waals surface area contributed by atoms with Gasteiger partial charge in [-0.05, 0) is 42.2 Å². The molecule has 2 rings (SSSR count). The highest BCUT2D eigenvalue weighted by atomic mass is 16.1. The van der Waals surface area contributed by atoms with Crippen LogP contribution in [0, 0.1) is 6.92 Å². The van der Waals surface area contributed by atoms with Gasteiger partial charge in [0.05, 0.1) is 0 Å². The molecule has 0 bridgehead atoms. The first-order chi connectivity index (χ1) is 7.66. The molecular formula is C15H16O. The summed E-state index contributed by atoms with van der Waals surface area (Å²) in [5.74, 6) is 0.257. The number of hydrogen-bond donors (Lipinski definition) is 0. The van der Waals surface area contributed by atoms with Gasteiger partial charge in [0.1, 0.15) is 5.78 Å². The number of fused-ring (bicyclic) bond motifs is 1. The molecule has 0 aliphatic rings. The molecular weight excluding hydrogens is 196 g/mol. The first-order valence-corrected chi connectivity index (χ1v) is 5.64. The van der Waals surface area contributed by atoms with E-state index in [1.165, 1.54) is 21.9 Å². The number of hydrogen-bond acceptors (Lipinski definition) is 1. The van der Waals surface area contributed by atoms with E-state index in [1.54, 1.807) is 6.92 Å². The van der Waals surface area contributed by atoms with Crippen molar-refractivity contribution in [1.29, 1.82) is 0 Å². The minimum absolute atomic E-state index is 0.257. The largest absolute Gasteiger partial charge is 0.300 e. The van der Waals surface area contributed by atoms with Crippen LogP contribution in [0.15, 0.2) is 36.4 Å². The van der Waals surface area contributed by atoms with Crippen molar-refractivity contribution in [1.82, 2.24) is 0 Å². The molecule has 0 atom stereocenters. The minimum atomic E-state index is 0.257. The molecule has 2 aromatic carbocycles. The summed E-state index contributed by atoms with van der Waals surface area (Å²) in [5, 5.41) is 2.53. The molecule has 0 aromatic heterocycles. The van der Waals surface area contributed by atoms with Crippen molar-refractivity contribution in [2.75, 3.05) is 0 Å². The van der Waals surface area contributed by atoms with Crippen molar-refractivity contribution in [2.45, 2.75) is 26.7 Å². The van der Waals surface area contributed by atoms with Crippen molar-refractivity contribution in [3.05, 3.63) is 47.5 Å². The Morgan fingerprint density at radius 3 is 2.38 bits per heavy atom. The normalized spacial score (nSPS) is 10.6. The summed E-state index contributed by atoms with van der Waals surface area (Å²) in [6.07, 6.45) is 1.49. The topological polar surface area (TPSA) is 17.1 Å². The fourth-order valence-electron chi connectivity index (χ4n) is 1.98. The molecule has 0 unspecified atom stereocenters. The lowest BCUT2D eigenvalue weighted by atomic mass is 9.98. The van der Waals surface area contributed by atoms with Gasteiger partial charge in [-0.3, -0.25) is 0 Å². The number of carbonyl (C=O) groups excluding carboxylic acids is 1. The molecule has 0 amide bonds. The average Bonchev–Trinajstić information content (AvgIpc) is 2.26. The zero-order chi connectivity index (χ0) is 11.5. The Hall–Kier alpha value is -1.63. The Morgan fingerprint density at radius 2 is 1.75 bits per heavy atom. The molecule has 1 nitrogen and oxygen atoms in total. The number of aryl methyl sites for hydroxylation is 2. The maximum Gasteiger partial charge on any atom is 0.130 e. The van der Waals surface area contributed by atoms with E-state index in [9.17, 15) is 4.79 Å². The Bertz CT molecular complexity index is 526. The number of benzene rings is 2. The molecule has 0 heterocycles. The second kappa shape index (κ2) is 4.48. The number of rotatable bonds is 3. The van der Waals surface area contributed by atoms with Crippen LogP contribution >= 0.6 is 0 Å². The summed E-state index contributed by atoms with van der Waals surface area (Å²) in [4.78, 5) is 11.0. The predicted molar refractivity (Wildman–Crippen MR) is 67.7 cm³/mol. The Balaban J connectivity index is 2.38. The van der Waals surface area contributed by atoms with Gasteiger partial charge in [-0.25, -0.2) is 0 Å². The second-order valence-corrected chi connectivity index (χ2v) is 4.33. The lowest BCUT2D eigenvalue weighted by Gasteiger charge is -2.07. The Morgan fingerprint density at radius 1 is 1.12 bits per heavy atom. The van der Waals surface area contributed by atoms with E-state index >= 15 is 0 Å². The first kappa shape index (κ1) is 10.9. The summed E-state index contributed by atoms with van der Waals surface area (Å²) in [7, 11) is 0. The maximum atomic E-state index is 11.0. The van der Waals surface area contributed by atoms with Gasteiger partial charge >= 0.3 is 0 Å². The van der Waals surface area contributed by atoms with E-state index in [1.807, 2.05) is 6.07 Å². The van der Waals surface area contributed by atoms with Gasteiger partial charge in [0.25, 0.3) is 0 Å². The van der Waals surface area contributed by atoms with Gasteiger partial charge in [0, 0.05) is 6.42 Å². The van der Waals surface area contributed by atoms with E-state index in [4.69, 9.17) is 0 Å². The van der Waals surface area contributed by atoms with Gasteiger partial charge in [0.15, 0.2) is 0 Å². The smallest absolute Gasteiger partial charge is 0.130 e. The monoisotopic (exact) mass is 212 g/mol. The van der Waals surface area contributed by atoms with Gasteiger partial charge in [-0.1, -0.05) is 36.4 Å². The molecule has 0 fully saturated rings. The molecule has 0 aliphatic carbocycles. The lowest BCUT2D eigenvalue weighted by molar-refractivity contribution is -0.116. The fourth-order valence-corrected chi connectivity index (χ4v) is 1.98. The van der Waals surface area contributed by atoms with Crippen molar-refractivity contribution in [2.24, 2.45) is 0 Å². The van der Waals surface area contributed by atoms with E-state index in [0.29, 0.717) is 6.42 Å². The van der Waals surface area contributed by atoms with Crippen LogP contribution in [0.25, 0.3) is 10.8 Å². The van der Waals surface area contributed by atoms with Crippen LogP contribution in [0.2, 0.25) is 0 Å². The van der Waals surface area contributed by atoms with E-state index in [2.05, 4.69) is 37.3 Å². The van der Waals surface area contributed by atoms with Crippen molar-refractivity contribution < 1.29 is 4.79 Å². The van der Waals surface area contributed by atoms with E-state index < -0.39 is 0 Å². The summed E-state index contributed by atoms with van der Waals surface area (Å²) in [6.45, 7) is 3.76. The minimum Gasteiger partial charge on any atom is -0.300 e. The summed E-state index contributed by atoms with van der Waals surface area (Å²) >= 11 is 0. The van der Waals surface area contributed by atoms with Crippen LogP contribution in [0.5, 0.6) is 0 Å². The zero-order valence-electron chi connectivity index (χ0n) is 9.79. The molecule has 0 aliphatic heterocycles. The third-order valence-electron chi connectivity index (χ3n) is 2.95. The third-order valence-corrected chi connectivity index (χ3v) is 2.95. The molecule has 0 saturated heterocycles. The maximum absolute atomic E-state index is 11.0. The van der Waals surface area contributed by atoms with Gasteiger partial charge in [-0.2, -0.15) is 0 Å². The van der Waals surface area contributed by atoms with Crippen LogP contribution in [-0.4, -0.2) is 5.78 Å². The number of Topliss-reactive ketones (excluding diaryl/α,β-unsaturated/α-hetero) is 1. The van der Waals surface area contributed by atoms with Crippen molar-refractivity contribution >= 4 is 16.6 Å². The fraction of sp³-hybridized carbons (Fsp3) is 0.267. The highest BCUT2D eigenvalue weighted by Crippen LogP contribution is 2.20. The summed E-state index contributed by atoms with van der Waals surface area (Å²) in [6, 6.07) is 12.7. The Labute approximate surface area is 96.1 Å². The standard InChI is InChI=1S/C15H16O/c1-11-9-14-5-3-4-6-15(14)10-13(11)8-7-12(2)16/h3-6,9-10H,7-8H2,1-2H3. The molecule has 0 N–H and O–H groups in total. The van der Waals surface area contributed by atoms with Crippen molar-refractivity contribution in [3.8, 4) is 0 Å². The van der Waals surface area contributed by atoms with Gasteiger partial charge in [-0.15, -0.1) is 0 Å². The van der Waals surface area contributed by atoms with Crippen LogP contribution in [0.4, 0.5) is 0 Å². The zero-order valence-corrected chi connectivity index (χ0v) is 9.79. The van der Waals surface area contributed by atoms with Crippen LogP contribution < -0.4 is 0 Å².